The molecule has 17 heteroatoms. The Bertz CT molecular complexity index is 1990. The maximum absolute atomic E-state index is 13.8. The van der Waals surface area contributed by atoms with E-state index in [1.54, 1.807) is 21.9 Å². The number of amides is 2. The van der Waals surface area contributed by atoms with Crippen LogP contribution < -0.4 is 14.5 Å². The largest absolute Gasteiger partial charge is 0.474 e. The van der Waals surface area contributed by atoms with Crippen LogP contribution in [0.1, 0.15) is 101 Å². The van der Waals surface area contributed by atoms with Crippen LogP contribution in [0.25, 0.3) is 0 Å². The minimum absolute atomic E-state index is 0.000661. The molecule has 4 bridgehead atoms. The Hall–Kier alpha value is -4.11. The van der Waals surface area contributed by atoms with E-state index in [-0.39, 0.29) is 29.1 Å². The average Bonchev–Trinajstić information content (AvgIpc) is 3.65. The van der Waals surface area contributed by atoms with Gasteiger partial charge in [0.2, 0.25) is 17.5 Å². The highest BCUT2D eigenvalue weighted by molar-refractivity contribution is 7.81. The van der Waals surface area contributed by atoms with Crippen molar-refractivity contribution in [2.75, 3.05) is 22.9 Å². The minimum atomic E-state index is -4.85. The Balaban J connectivity index is 0.743. The fraction of sp³-hybridized carbons (Fsp3) is 0.650. The maximum atomic E-state index is 13.8. The predicted molar refractivity (Wildman–Crippen MR) is 197 cm³/mol. The number of thiocarbonyl (C=S) groups is 1. The summed E-state index contributed by atoms with van der Waals surface area (Å²) in [5.74, 6) is 0.655. The van der Waals surface area contributed by atoms with Gasteiger partial charge in [-0.1, -0.05) is 0 Å². The number of rotatable bonds is 5. The van der Waals surface area contributed by atoms with Crippen molar-refractivity contribution < 1.29 is 46.7 Å². The first kappa shape index (κ1) is 37.2. The fourth-order valence-electron chi connectivity index (χ4n) is 11.2. The summed E-state index contributed by atoms with van der Waals surface area (Å²) < 4.78 is 60.4. The molecule has 0 radical (unpaired) electrons. The smallest absolute Gasteiger partial charge is 0.419 e. The third-order valence-electron chi connectivity index (χ3n) is 13.9. The van der Waals surface area contributed by atoms with Crippen LogP contribution in [-0.2, 0) is 30.2 Å². The van der Waals surface area contributed by atoms with Crippen molar-refractivity contribution in [2.45, 2.75) is 125 Å². The number of aromatic nitrogens is 2. The van der Waals surface area contributed by atoms with Crippen LogP contribution >= 0.6 is 12.2 Å². The molecule has 11 rings (SSSR count). The lowest BCUT2D eigenvalue weighted by Crippen LogP contribution is -2.59. The number of pyridine rings is 2. The normalized spacial score (nSPS) is 34.4. The molecule has 13 nitrogen and oxygen atoms in total. The van der Waals surface area contributed by atoms with Crippen molar-refractivity contribution in [1.82, 2.24) is 14.9 Å². The number of carbonyl (C=O) groups is 2. The van der Waals surface area contributed by atoms with E-state index in [2.05, 4.69) is 9.97 Å². The van der Waals surface area contributed by atoms with E-state index in [9.17, 15) is 28.0 Å². The summed E-state index contributed by atoms with van der Waals surface area (Å²) >= 11 is 5.71. The van der Waals surface area contributed by atoms with Crippen LogP contribution in [0, 0.1) is 35.0 Å². The number of hydrogen-bond acceptors (Lipinski definition) is 11. The molecule has 6 saturated carbocycles. The molecule has 2 amide bonds. The number of nitriles is 1. The second-order valence-electron chi connectivity index (χ2n) is 17.3. The van der Waals surface area contributed by atoms with Gasteiger partial charge in [-0.15, -0.1) is 0 Å². The van der Waals surface area contributed by atoms with Crippen molar-refractivity contribution in [3.05, 3.63) is 41.9 Å². The molecule has 9 fully saturated rings. The van der Waals surface area contributed by atoms with Crippen LogP contribution in [0.4, 0.5) is 29.3 Å². The van der Waals surface area contributed by atoms with Gasteiger partial charge in [-0.3, -0.25) is 9.69 Å². The number of carbonyl (C=O) groups excluding carboxylic acids is 2. The van der Waals surface area contributed by atoms with Gasteiger partial charge in [-0.25, -0.2) is 14.8 Å². The van der Waals surface area contributed by atoms with Gasteiger partial charge in [-0.05, 0) is 100 Å². The molecule has 0 unspecified atom stereocenters. The van der Waals surface area contributed by atoms with E-state index in [1.807, 2.05) is 0 Å². The van der Waals surface area contributed by atoms with Gasteiger partial charge in [-0.2, -0.15) is 28.2 Å². The first-order valence-electron chi connectivity index (χ1n) is 20.2. The lowest BCUT2D eigenvalue weighted by molar-refractivity contribution is -0.390. The van der Waals surface area contributed by atoms with Crippen molar-refractivity contribution >= 4 is 40.7 Å². The molecule has 3 saturated heterocycles. The summed E-state index contributed by atoms with van der Waals surface area (Å²) in [5.41, 5.74) is -2.75. The highest BCUT2D eigenvalue weighted by Crippen LogP contribution is 2.64. The minimum Gasteiger partial charge on any atom is -0.474 e. The van der Waals surface area contributed by atoms with Crippen molar-refractivity contribution in [3.63, 3.8) is 0 Å². The van der Waals surface area contributed by atoms with Gasteiger partial charge in [0.05, 0.1) is 29.3 Å². The highest BCUT2D eigenvalue weighted by Gasteiger charge is 2.67. The third kappa shape index (κ3) is 6.07. The average molecular weight is 809 g/mol. The summed E-state index contributed by atoms with van der Waals surface area (Å²) in [6, 6.07) is 5.60. The molecule has 0 N–H and O–H groups in total. The summed E-state index contributed by atoms with van der Waals surface area (Å²) in [6.45, 7) is 0.903. The number of hydrogen-bond donors (Lipinski definition) is 0. The Morgan fingerprint density at radius 1 is 0.930 bits per heavy atom. The number of piperidine rings is 1. The molecule has 9 aliphatic rings. The SMILES string of the molecule is N#Cc1ncc(N2C(=O)C3(CCC3)N(c3ccc(OC4CCN(C(=O)O[C@H]5CCC[C@@]6(C5)OOC5(O6)C6CC7CC(C6)CC5C7)CC4)nc3)C2=S)cc1C(F)(F)F. The molecule has 2 atom stereocenters. The number of likely N-dealkylation sites (tertiary alicyclic amines) is 1. The molecule has 6 aliphatic carbocycles. The number of alkyl halides is 3. The first-order chi connectivity index (χ1) is 27.4. The molecule has 5 heterocycles. The Morgan fingerprint density at radius 3 is 2.28 bits per heavy atom. The molecule has 3 spiro atoms. The van der Waals surface area contributed by atoms with Crippen molar-refractivity contribution in [1.29, 1.82) is 5.26 Å². The van der Waals surface area contributed by atoms with E-state index >= 15 is 0 Å². The van der Waals surface area contributed by atoms with Crippen LogP contribution in [0.5, 0.6) is 5.88 Å². The van der Waals surface area contributed by atoms with Crippen LogP contribution in [0.3, 0.4) is 0 Å². The maximum Gasteiger partial charge on any atom is 0.419 e. The molecule has 2 aromatic heterocycles. The lowest BCUT2D eigenvalue weighted by atomic mass is 9.53. The van der Waals surface area contributed by atoms with Gasteiger partial charge in [0.25, 0.3) is 5.91 Å². The molecule has 0 aromatic carbocycles. The number of ether oxygens (including phenoxy) is 3. The van der Waals surface area contributed by atoms with E-state index in [0.717, 1.165) is 80.4 Å². The predicted octanol–water partition coefficient (Wildman–Crippen LogP) is 7.18. The molecule has 302 valence electrons. The van der Waals surface area contributed by atoms with Crippen molar-refractivity contribution in [3.8, 4) is 11.9 Å². The van der Waals surface area contributed by atoms with Gasteiger partial charge in [0.1, 0.15) is 23.8 Å². The van der Waals surface area contributed by atoms with E-state index < -0.39 is 40.5 Å². The summed E-state index contributed by atoms with van der Waals surface area (Å²) in [5, 5.41) is 9.19. The Labute approximate surface area is 332 Å². The van der Waals surface area contributed by atoms with Crippen LogP contribution in [0.2, 0.25) is 0 Å². The Kier molecular flexibility index (Phi) is 8.78. The number of halogens is 3. The molecular weight excluding hydrogens is 766 g/mol. The lowest BCUT2D eigenvalue weighted by Gasteiger charge is -2.57. The van der Waals surface area contributed by atoms with E-state index in [0.29, 0.717) is 68.6 Å². The van der Waals surface area contributed by atoms with E-state index in [1.165, 1.54) is 18.7 Å². The molecular formula is C40H43F3N6O7S. The van der Waals surface area contributed by atoms with E-state index in [4.69, 9.17) is 36.2 Å². The third-order valence-corrected chi connectivity index (χ3v) is 14.3. The number of anilines is 2. The zero-order valence-corrected chi connectivity index (χ0v) is 32.1. The standard InChI is InChI=1S/C40H43F3N6O7S/c41-40(42,43)31-18-28(22-45-32(31)20-44)48-34(50)37(8-2-9-37)49(35(48)57)27-4-5-33(46-21-27)52-29-6-11-47(12-7-29)36(51)53-30-3-1-10-38(19-30)54-39(56-55-38)25-14-23-13-24(16-25)17-26(39)15-23/h4-5,18,21-26,29-30H,1-3,6-17,19H2/t23?,24?,25?,26?,30-,38-,39?/m0/s1. The summed E-state index contributed by atoms with van der Waals surface area (Å²) in [7, 11) is 0. The van der Waals surface area contributed by atoms with Gasteiger partial charge >= 0.3 is 12.3 Å². The molecule has 2 aromatic rings. The van der Waals surface area contributed by atoms with Crippen molar-refractivity contribution in [2.24, 2.45) is 23.7 Å². The quantitative estimate of drug-likeness (QED) is 0.223. The number of nitrogens with zero attached hydrogens (tertiary/aromatic N) is 6. The fourth-order valence-corrected chi connectivity index (χ4v) is 11.7. The zero-order valence-electron chi connectivity index (χ0n) is 31.2. The summed E-state index contributed by atoms with van der Waals surface area (Å²) in [6.07, 6.45) is 8.28. The van der Waals surface area contributed by atoms with Crippen LogP contribution in [-0.4, -0.2) is 74.4 Å². The van der Waals surface area contributed by atoms with Gasteiger partial charge in [0.15, 0.2) is 10.8 Å². The Morgan fingerprint density at radius 2 is 1.65 bits per heavy atom. The zero-order chi connectivity index (χ0) is 39.3. The topological polar surface area (TPSA) is 140 Å². The monoisotopic (exact) mass is 808 g/mol. The molecule has 57 heavy (non-hydrogen) atoms. The van der Waals surface area contributed by atoms with Gasteiger partial charge < -0.3 is 24.0 Å². The highest BCUT2D eigenvalue weighted by atomic mass is 32.1. The van der Waals surface area contributed by atoms with Gasteiger partial charge in [0, 0.05) is 56.7 Å². The summed E-state index contributed by atoms with van der Waals surface area (Å²) in [4.78, 5) is 52.0. The second-order valence-corrected chi connectivity index (χ2v) is 17.7. The second kappa shape index (κ2) is 13.5. The first-order valence-corrected chi connectivity index (χ1v) is 20.6. The van der Waals surface area contributed by atoms with Crippen LogP contribution in [0.15, 0.2) is 30.6 Å². The molecule has 3 aliphatic heterocycles.